The Hall–Kier alpha value is -2.42. The quantitative estimate of drug-likeness (QED) is 0.522. The summed E-state index contributed by atoms with van der Waals surface area (Å²) >= 11 is 0. The van der Waals surface area contributed by atoms with E-state index in [4.69, 9.17) is 4.99 Å². The second-order valence-electron chi connectivity index (χ2n) is 8.55. The molecule has 3 aliphatic rings. The highest BCUT2D eigenvalue weighted by Crippen LogP contribution is 2.28. The molecule has 0 aromatic carbocycles. The van der Waals surface area contributed by atoms with E-state index in [1.165, 1.54) is 6.42 Å². The van der Waals surface area contributed by atoms with Gasteiger partial charge in [0.25, 0.3) is 0 Å². The van der Waals surface area contributed by atoms with Crippen molar-refractivity contribution in [2.75, 3.05) is 76.9 Å². The van der Waals surface area contributed by atoms with Crippen LogP contribution < -0.4 is 10.2 Å². The van der Waals surface area contributed by atoms with Gasteiger partial charge in [-0.15, -0.1) is 0 Å². The first kappa shape index (κ1) is 21.8. The zero-order valence-electron chi connectivity index (χ0n) is 18.7. The predicted octanol–water partition coefficient (Wildman–Crippen LogP) is 0.508. The number of amides is 1. The van der Waals surface area contributed by atoms with Gasteiger partial charge in [0.05, 0.1) is 6.54 Å². The second-order valence-corrected chi connectivity index (χ2v) is 8.55. The lowest BCUT2D eigenvalue weighted by atomic mass is 9.84. The summed E-state index contributed by atoms with van der Waals surface area (Å²) in [6.07, 6.45) is 6.99. The number of nitrogens with zero attached hydrogens (tertiary/aromatic N) is 7. The fourth-order valence-corrected chi connectivity index (χ4v) is 4.40. The van der Waals surface area contributed by atoms with Gasteiger partial charge in [-0.25, -0.2) is 9.97 Å². The Morgan fingerprint density at radius 2 is 1.71 bits per heavy atom. The zero-order chi connectivity index (χ0) is 21.5. The van der Waals surface area contributed by atoms with E-state index >= 15 is 0 Å². The minimum atomic E-state index is 0.313. The predicted molar refractivity (Wildman–Crippen MR) is 122 cm³/mol. The van der Waals surface area contributed by atoms with E-state index in [0.29, 0.717) is 11.8 Å². The summed E-state index contributed by atoms with van der Waals surface area (Å²) in [6.45, 7) is 11.9. The summed E-state index contributed by atoms with van der Waals surface area (Å²) in [5.41, 5.74) is 0. The van der Waals surface area contributed by atoms with Gasteiger partial charge in [0.1, 0.15) is 0 Å². The average Bonchev–Trinajstić information content (AvgIpc) is 2.78. The van der Waals surface area contributed by atoms with Gasteiger partial charge in [0, 0.05) is 83.8 Å². The first-order chi connectivity index (χ1) is 15.2. The van der Waals surface area contributed by atoms with E-state index < -0.39 is 0 Å². The lowest BCUT2D eigenvalue weighted by molar-refractivity contribution is -0.139. The Kier molecular flexibility index (Phi) is 7.56. The molecule has 4 rings (SSSR count). The first-order valence-corrected chi connectivity index (χ1v) is 11.8. The van der Waals surface area contributed by atoms with Crippen LogP contribution in [0.3, 0.4) is 0 Å². The maximum absolute atomic E-state index is 12.4. The van der Waals surface area contributed by atoms with E-state index in [1.54, 1.807) is 12.4 Å². The van der Waals surface area contributed by atoms with Crippen molar-refractivity contribution in [3.05, 3.63) is 18.5 Å². The third-order valence-corrected chi connectivity index (χ3v) is 6.57. The van der Waals surface area contributed by atoms with E-state index in [9.17, 15) is 4.79 Å². The zero-order valence-corrected chi connectivity index (χ0v) is 18.7. The van der Waals surface area contributed by atoms with Gasteiger partial charge in [0.2, 0.25) is 11.9 Å². The largest absolute Gasteiger partial charge is 0.357 e. The van der Waals surface area contributed by atoms with Crippen LogP contribution in [0.1, 0.15) is 26.2 Å². The number of nitrogens with one attached hydrogen (secondary N) is 1. The molecule has 1 aliphatic carbocycles. The Labute approximate surface area is 185 Å². The SMILES string of the molecule is CCNC(=NCCN1CCN(C(=O)C2CCC2)CC1)N1CCN(c2ncccn2)CC1. The van der Waals surface area contributed by atoms with E-state index in [2.05, 4.69) is 41.8 Å². The average molecular weight is 429 g/mol. The van der Waals surface area contributed by atoms with Crippen LogP contribution in [0.15, 0.2) is 23.5 Å². The molecule has 9 heteroatoms. The van der Waals surface area contributed by atoms with Crippen molar-refractivity contribution < 1.29 is 4.79 Å². The minimum absolute atomic E-state index is 0.313. The topological polar surface area (TPSA) is 80.2 Å². The van der Waals surface area contributed by atoms with Crippen molar-refractivity contribution in [3.8, 4) is 0 Å². The van der Waals surface area contributed by atoms with Crippen LogP contribution in [-0.2, 0) is 4.79 Å². The molecule has 170 valence electrons. The first-order valence-electron chi connectivity index (χ1n) is 11.8. The molecular weight excluding hydrogens is 392 g/mol. The van der Waals surface area contributed by atoms with Crippen LogP contribution in [0, 0.1) is 5.92 Å². The fraction of sp³-hybridized carbons (Fsp3) is 0.727. The van der Waals surface area contributed by atoms with E-state index in [1.807, 2.05) is 6.07 Å². The molecule has 1 N–H and O–H groups in total. The maximum atomic E-state index is 12.4. The molecule has 1 aromatic heterocycles. The summed E-state index contributed by atoms with van der Waals surface area (Å²) in [5.74, 6) is 2.50. The van der Waals surface area contributed by atoms with Crippen LogP contribution in [0.4, 0.5) is 5.95 Å². The van der Waals surface area contributed by atoms with Crippen LogP contribution in [0.25, 0.3) is 0 Å². The number of carbonyl (C=O) groups excluding carboxylic acids is 1. The number of hydrogen-bond donors (Lipinski definition) is 1. The number of anilines is 1. The summed E-state index contributed by atoms with van der Waals surface area (Å²) in [5, 5.41) is 3.45. The Balaban J connectivity index is 1.21. The molecule has 1 aromatic rings. The lowest BCUT2D eigenvalue weighted by Crippen LogP contribution is -2.53. The number of aromatic nitrogens is 2. The monoisotopic (exact) mass is 428 g/mol. The van der Waals surface area contributed by atoms with Gasteiger partial charge >= 0.3 is 0 Å². The highest BCUT2D eigenvalue weighted by atomic mass is 16.2. The smallest absolute Gasteiger partial charge is 0.225 e. The highest BCUT2D eigenvalue weighted by Gasteiger charge is 2.31. The summed E-state index contributed by atoms with van der Waals surface area (Å²) in [7, 11) is 0. The Bertz CT molecular complexity index is 722. The van der Waals surface area contributed by atoms with Gasteiger partial charge in [-0.1, -0.05) is 6.42 Å². The number of hydrogen-bond acceptors (Lipinski definition) is 6. The van der Waals surface area contributed by atoms with Gasteiger partial charge in [0.15, 0.2) is 5.96 Å². The highest BCUT2D eigenvalue weighted by molar-refractivity contribution is 5.80. The molecule has 3 heterocycles. The van der Waals surface area contributed by atoms with Crippen molar-refractivity contribution in [1.29, 1.82) is 0 Å². The molecule has 0 radical (unpaired) electrons. The second kappa shape index (κ2) is 10.7. The third kappa shape index (κ3) is 5.64. The Morgan fingerprint density at radius 3 is 2.32 bits per heavy atom. The van der Waals surface area contributed by atoms with Crippen molar-refractivity contribution in [1.82, 2.24) is 30.0 Å². The number of rotatable bonds is 6. The molecule has 0 spiro atoms. The van der Waals surface area contributed by atoms with E-state index in [0.717, 1.165) is 96.7 Å². The normalized spacial score (nSPS) is 21.2. The molecule has 31 heavy (non-hydrogen) atoms. The lowest BCUT2D eigenvalue weighted by Gasteiger charge is -2.38. The molecule has 2 aliphatic heterocycles. The summed E-state index contributed by atoms with van der Waals surface area (Å²) in [6, 6.07) is 1.85. The van der Waals surface area contributed by atoms with Crippen molar-refractivity contribution in [2.24, 2.45) is 10.9 Å². The van der Waals surface area contributed by atoms with Gasteiger partial charge in [-0.3, -0.25) is 14.7 Å². The molecule has 1 saturated carbocycles. The molecule has 2 saturated heterocycles. The van der Waals surface area contributed by atoms with Crippen molar-refractivity contribution in [2.45, 2.75) is 26.2 Å². The van der Waals surface area contributed by atoms with Gasteiger partial charge in [-0.2, -0.15) is 0 Å². The number of piperazine rings is 2. The minimum Gasteiger partial charge on any atom is -0.357 e. The van der Waals surface area contributed by atoms with Gasteiger partial charge in [-0.05, 0) is 25.8 Å². The Morgan fingerprint density at radius 1 is 1.03 bits per heavy atom. The van der Waals surface area contributed by atoms with Gasteiger partial charge < -0.3 is 20.0 Å². The molecule has 1 amide bonds. The summed E-state index contributed by atoms with van der Waals surface area (Å²) in [4.78, 5) is 35.1. The van der Waals surface area contributed by atoms with Crippen LogP contribution in [-0.4, -0.2) is 109 Å². The van der Waals surface area contributed by atoms with Crippen LogP contribution >= 0.6 is 0 Å². The fourth-order valence-electron chi connectivity index (χ4n) is 4.40. The number of carbonyl (C=O) groups is 1. The molecule has 0 atom stereocenters. The van der Waals surface area contributed by atoms with Crippen LogP contribution in [0.2, 0.25) is 0 Å². The van der Waals surface area contributed by atoms with E-state index in [-0.39, 0.29) is 0 Å². The summed E-state index contributed by atoms with van der Waals surface area (Å²) < 4.78 is 0. The number of aliphatic imine (C=N–C) groups is 1. The maximum Gasteiger partial charge on any atom is 0.225 e. The molecular formula is C22H36N8O. The van der Waals surface area contributed by atoms with Crippen molar-refractivity contribution in [3.63, 3.8) is 0 Å². The van der Waals surface area contributed by atoms with Crippen LogP contribution in [0.5, 0.6) is 0 Å². The number of guanidine groups is 1. The third-order valence-electron chi connectivity index (χ3n) is 6.57. The molecule has 0 unspecified atom stereocenters. The van der Waals surface area contributed by atoms with Crippen molar-refractivity contribution >= 4 is 17.8 Å². The molecule has 9 nitrogen and oxygen atoms in total. The molecule has 0 bridgehead atoms. The molecule has 3 fully saturated rings. The standard InChI is InChI=1S/C22H36N8O/c1-2-23-21(29-15-17-30(18-16-29)22-24-7-4-8-25-22)26-9-10-27-11-13-28(14-12-27)20(31)19-5-3-6-19/h4,7-8,19H,2-3,5-6,9-18H2,1H3,(H,23,26).